The van der Waals surface area contributed by atoms with Crippen LogP contribution in [0.25, 0.3) is 0 Å². The highest BCUT2D eigenvalue weighted by atomic mass is 16.5. The number of ether oxygens (including phenoxy) is 1. The van der Waals surface area contributed by atoms with Gasteiger partial charge >= 0.3 is 0 Å². The summed E-state index contributed by atoms with van der Waals surface area (Å²) in [6, 6.07) is 6.09. The Hall–Kier alpha value is -2.32. The molecular weight excluding hydrogens is 344 g/mol. The molecule has 0 spiro atoms. The first kappa shape index (κ1) is 18.1. The summed E-state index contributed by atoms with van der Waals surface area (Å²) in [6.45, 7) is 6.92. The summed E-state index contributed by atoms with van der Waals surface area (Å²) < 4.78 is 7.47. The third-order valence-corrected chi connectivity index (χ3v) is 5.55. The summed E-state index contributed by atoms with van der Waals surface area (Å²) in [7, 11) is 0. The van der Waals surface area contributed by atoms with E-state index in [4.69, 9.17) is 4.74 Å². The van der Waals surface area contributed by atoms with Crippen molar-refractivity contribution in [3.63, 3.8) is 0 Å². The maximum atomic E-state index is 13.0. The smallest absolute Gasteiger partial charge is 0.230 e. The van der Waals surface area contributed by atoms with Gasteiger partial charge in [-0.3, -0.25) is 19.4 Å². The van der Waals surface area contributed by atoms with Gasteiger partial charge in [0.2, 0.25) is 5.91 Å². The van der Waals surface area contributed by atoms with E-state index in [2.05, 4.69) is 31.6 Å². The van der Waals surface area contributed by atoms with Crippen LogP contribution in [0.2, 0.25) is 0 Å². The molecule has 2 fully saturated rings. The molecule has 8 nitrogen and oxygen atoms in total. The number of hydrogen-bond donors (Lipinski definition) is 1. The van der Waals surface area contributed by atoms with Crippen molar-refractivity contribution >= 4 is 5.91 Å². The van der Waals surface area contributed by atoms with Crippen LogP contribution < -0.4 is 5.32 Å². The molecule has 2 aliphatic heterocycles. The monoisotopic (exact) mass is 370 g/mol. The maximum Gasteiger partial charge on any atom is 0.230 e. The molecule has 1 amide bonds. The van der Waals surface area contributed by atoms with Gasteiger partial charge in [0, 0.05) is 50.5 Å². The summed E-state index contributed by atoms with van der Waals surface area (Å²) in [6.07, 6.45) is 4.32. The van der Waals surface area contributed by atoms with Gasteiger partial charge in [-0.05, 0) is 25.5 Å². The molecule has 0 aliphatic carbocycles. The Morgan fingerprint density at radius 2 is 2.37 bits per heavy atom. The van der Waals surface area contributed by atoms with E-state index in [1.54, 1.807) is 10.9 Å². The molecule has 2 aromatic rings. The van der Waals surface area contributed by atoms with Crippen molar-refractivity contribution < 1.29 is 9.53 Å². The van der Waals surface area contributed by atoms with Crippen molar-refractivity contribution in [1.29, 1.82) is 0 Å². The van der Waals surface area contributed by atoms with Crippen molar-refractivity contribution in [2.24, 2.45) is 11.3 Å². The maximum absolute atomic E-state index is 13.0. The summed E-state index contributed by atoms with van der Waals surface area (Å²) in [5.74, 6) is 0.362. The van der Waals surface area contributed by atoms with Crippen LogP contribution in [0, 0.1) is 18.3 Å². The highest BCUT2D eigenvalue weighted by Crippen LogP contribution is 2.41. The Bertz CT molecular complexity index is 780. The number of aryl methyl sites for hydroxylation is 2. The number of amides is 1. The summed E-state index contributed by atoms with van der Waals surface area (Å²) in [5, 5.41) is 10.8. The van der Waals surface area contributed by atoms with Gasteiger partial charge < -0.3 is 10.1 Å². The van der Waals surface area contributed by atoms with Crippen LogP contribution in [0.1, 0.15) is 17.8 Å². The molecule has 2 atom stereocenters. The molecule has 1 N–H and O–H groups in total. The highest BCUT2D eigenvalue weighted by Gasteiger charge is 2.55. The van der Waals surface area contributed by atoms with Crippen LogP contribution >= 0.6 is 0 Å². The normalized spacial score (nSPS) is 24.9. The number of hydrogen-bond acceptors (Lipinski definition) is 6. The Balaban J connectivity index is 1.33. The lowest BCUT2D eigenvalue weighted by atomic mass is 9.80. The minimum absolute atomic E-state index is 0.114. The molecule has 0 bridgehead atoms. The van der Waals surface area contributed by atoms with E-state index < -0.39 is 5.41 Å². The minimum atomic E-state index is -0.433. The number of rotatable bonds is 7. The standard InChI is InChI=1S/C19H26N6O2/c1-15-4-2-5-17(22-15)11-24-10-16-12-27-14-19(16,13-24)18(26)20-6-3-8-25-9-7-21-23-25/h2,4-5,7,9,16H,3,6,8,10-14H2,1H3,(H,20,26)/t16-,19-/m1/s1. The second kappa shape index (κ2) is 7.74. The van der Waals surface area contributed by atoms with Crippen LogP contribution in [-0.4, -0.2) is 63.6 Å². The minimum Gasteiger partial charge on any atom is -0.380 e. The van der Waals surface area contributed by atoms with E-state index in [9.17, 15) is 4.79 Å². The van der Waals surface area contributed by atoms with Gasteiger partial charge in [0.25, 0.3) is 0 Å². The Morgan fingerprint density at radius 1 is 1.44 bits per heavy atom. The zero-order chi connectivity index (χ0) is 18.7. The van der Waals surface area contributed by atoms with Gasteiger partial charge in [-0.15, -0.1) is 5.10 Å². The van der Waals surface area contributed by atoms with E-state index in [1.165, 1.54) is 0 Å². The molecule has 0 radical (unpaired) electrons. The number of carbonyl (C=O) groups excluding carboxylic acids is 1. The van der Waals surface area contributed by atoms with Crippen LogP contribution in [0.4, 0.5) is 0 Å². The first-order chi connectivity index (χ1) is 13.2. The van der Waals surface area contributed by atoms with E-state index in [0.29, 0.717) is 19.8 Å². The third-order valence-electron chi connectivity index (χ3n) is 5.55. The third kappa shape index (κ3) is 3.86. The molecule has 0 saturated carbocycles. The number of likely N-dealkylation sites (tertiary alicyclic amines) is 1. The molecule has 0 unspecified atom stereocenters. The lowest BCUT2D eigenvalue weighted by Crippen LogP contribution is -2.47. The Morgan fingerprint density at radius 3 is 3.19 bits per heavy atom. The van der Waals surface area contributed by atoms with Gasteiger partial charge in [0.05, 0.1) is 30.5 Å². The molecule has 2 aliphatic rings. The van der Waals surface area contributed by atoms with Crippen molar-refractivity contribution in [2.45, 2.75) is 26.4 Å². The van der Waals surface area contributed by atoms with E-state index >= 15 is 0 Å². The summed E-state index contributed by atoms with van der Waals surface area (Å²) in [5.41, 5.74) is 1.64. The largest absolute Gasteiger partial charge is 0.380 e. The fraction of sp³-hybridized carbons (Fsp3) is 0.579. The molecular formula is C19H26N6O2. The molecule has 2 saturated heterocycles. The van der Waals surface area contributed by atoms with Gasteiger partial charge in [-0.25, -0.2) is 0 Å². The van der Waals surface area contributed by atoms with Crippen molar-refractivity contribution in [3.05, 3.63) is 42.0 Å². The fourth-order valence-electron chi connectivity index (χ4n) is 4.17. The van der Waals surface area contributed by atoms with Crippen LogP contribution in [0.15, 0.2) is 30.6 Å². The molecule has 0 aromatic carbocycles. The Kier molecular flexibility index (Phi) is 5.18. The van der Waals surface area contributed by atoms with Crippen LogP contribution in [0.5, 0.6) is 0 Å². The molecule has 8 heteroatoms. The number of fused-ring (bicyclic) bond motifs is 1. The summed E-state index contributed by atoms with van der Waals surface area (Å²) >= 11 is 0. The van der Waals surface area contributed by atoms with Gasteiger partial charge in [-0.1, -0.05) is 11.3 Å². The lowest BCUT2D eigenvalue weighted by Gasteiger charge is -2.26. The van der Waals surface area contributed by atoms with Crippen LogP contribution in [0.3, 0.4) is 0 Å². The first-order valence-electron chi connectivity index (χ1n) is 9.51. The van der Waals surface area contributed by atoms with Gasteiger partial charge in [0.15, 0.2) is 0 Å². The number of pyridine rings is 1. The zero-order valence-corrected chi connectivity index (χ0v) is 15.7. The SMILES string of the molecule is Cc1cccc(CN2C[C@@H]3COC[C@]3(C(=O)NCCCn3ccnn3)C2)n1. The van der Waals surface area contributed by atoms with Gasteiger partial charge in [0.1, 0.15) is 0 Å². The Labute approximate surface area is 158 Å². The average Bonchev–Trinajstić information content (AvgIpc) is 3.34. The zero-order valence-electron chi connectivity index (χ0n) is 15.7. The lowest BCUT2D eigenvalue weighted by molar-refractivity contribution is -0.131. The number of nitrogens with zero attached hydrogens (tertiary/aromatic N) is 5. The van der Waals surface area contributed by atoms with E-state index in [0.717, 1.165) is 44.0 Å². The molecule has 4 rings (SSSR count). The predicted molar refractivity (Wildman–Crippen MR) is 98.6 cm³/mol. The highest BCUT2D eigenvalue weighted by molar-refractivity contribution is 5.84. The van der Waals surface area contributed by atoms with Crippen molar-refractivity contribution in [3.8, 4) is 0 Å². The number of nitrogens with one attached hydrogen (secondary N) is 1. The second-order valence-corrected chi connectivity index (χ2v) is 7.58. The molecule has 4 heterocycles. The molecule has 144 valence electrons. The summed E-state index contributed by atoms with van der Waals surface area (Å²) in [4.78, 5) is 19.9. The predicted octanol–water partition coefficient (Wildman–Crippen LogP) is 0.636. The topological polar surface area (TPSA) is 85.2 Å². The second-order valence-electron chi connectivity index (χ2n) is 7.58. The quantitative estimate of drug-likeness (QED) is 0.720. The first-order valence-corrected chi connectivity index (χ1v) is 9.51. The van der Waals surface area contributed by atoms with Gasteiger partial charge in [-0.2, -0.15) is 0 Å². The average molecular weight is 370 g/mol. The van der Waals surface area contributed by atoms with Crippen molar-refractivity contribution in [2.75, 3.05) is 32.8 Å². The van der Waals surface area contributed by atoms with E-state index in [1.807, 2.05) is 25.3 Å². The van der Waals surface area contributed by atoms with E-state index in [-0.39, 0.29) is 11.8 Å². The number of aromatic nitrogens is 4. The molecule has 27 heavy (non-hydrogen) atoms. The fourth-order valence-corrected chi connectivity index (χ4v) is 4.17. The van der Waals surface area contributed by atoms with Crippen molar-refractivity contribution in [1.82, 2.24) is 30.2 Å². The van der Waals surface area contributed by atoms with Crippen LogP contribution in [-0.2, 0) is 22.6 Å². The number of carbonyl (C=O) groups is 1. The molecule has 2 aromatic heterocycles.